The van der Waals surface area contributed by atoms with E-state index >= 15 is 0 Å². The summed E-state index contributed by atoms with van der Waals surface area (Å²) in [4.78, 5) is 15.7. The van der Waals surface area contributed by atoms with Crippen molar-refractivity contribution in [3.8, 4) is 5.75 Å². The Labute approximate surface area is 110 Å². The Morgan fingerprint density at radius 3 is 2.89 bits per heavy atom. The molecule has 0 aliphatic carbocycles. The number of aromatic hydroxyl groups is 1. The summed E-state index contributed by atoms with van der Waals surface area (Å²) >= 11 is 0. The Kier molecular flexibility index (Phi) is 3.87. The van der Waals surface area contributed by atoms with Gasteiger partial charge < -0.3 is 5.11 Å². The highest BCUT2D eigenvalue weighted by atomic mass is 16.3. The zero-order valence-electron chi connectivity index (χ0n) is 10.4. The standard InChI is InChI=1S/C14H13N3O2/c1-10-5-6-12(9-15-10)14(19)17-16-8-11-3-2-4-13(18)7-11/h2-9,18H,1H3,(H,17,19). The van der Waals surface area contributed by atoms with Gasteiger partial charge in [-0.25, -0.2) is 5.43 Å². The first kappa shape index (κ1) is 12.8. The number of hydrogen-bond acceptors (Lipinski definition) is 4. The Morgan fingerprint density at radius 1 is 1.37 bits per heavy atom. The zero-order valence-corrected chi connectivity index (χ0v) is 10.4. The number of nitrogens with zero attached hydrogens (tertiary/aromatic N) is 2. The number of hydrazone groups is 1. The highest BCUT2D eigenvalue weighted by molar-refractivity contribution is 5.94. The summed E-state index contributed by atoms with van der Waals surface area (Å²) in [6.07, 6.45) is 2.95. The van der Waals surface area contributed by atoms with Crippen molar-refractivity contribution in [3.63, 3.8) is 0 Å². The lowest BCUT2D eigenvalue weighted by Crippen LogP contribution is -2.17. The summed E-state index contributed by atoms with van der Waals surface area (Å²) in [5, 5.41) is 13.1. The summed E-state index contributed by atoms with van der Waals surface area (Å²) in [6.45, 7) is 1.85. The van der Waals surface area contributed by atoms with E-state index in [4.69, 9.17) is 0 Å². The van der Waals surface area contributed by atoms with Crippen molar-refractivity contribution in [3.05, 3.63) is 59.4 Å². The lowest BCUT2D eigenvalue weighted by molar-refractivity contribution is 0.0955. The monoisotopic (exact) mass is 255 g/mol. The van der Waals surface area contributed by atoms with Crippen molar-refractivity contribution >= 4 is 12.1 Å². The minimum Gasteiger partial charge on any atom is -0.508 e. The molecular formula is C14H13N3O2. The highest BCUT2D eigenvalue weighted by Gasteiger charge is 2.03. The third kappa shape index (κ3) is 3.64. The Hall–Kier alpha value is -2.69. The quantitative estimate of drug-likeness (QED) is 0.649. The van der Waals surface area contributed by atoms with E-state index in [1.54, 1.807) is 36.4 Å². The molecule has 96 valence electrons. The number of aromatic nitrogens is 1. The van der Waals surface area contributed by atoms with Crippen LogP contribution in [0.1, 0.15) is 21.6 Å². The first-order valence-corrected chi connectivity index (χ1v) is 5.70. The smallest absolute Gasteiger partial charge is 0.272 e. The predicted molar refractivity (Wildman–Crippen MR) is 72.1 cm³/mol. The first-order valence-electron chi connectivity index (χ1n) is 5.70. The third-order valence-corrected chi connectivity index (χ3v) is 2.42. The van der Waals surface area contributed by atoms with Crippen molar-refractivity contribution in [1.82, 2.24) is 10.4 Å². The van der Waals surface area contributed by atoms with Crippen molar-refractivity contribution in [1.29, 1.82) is 0 Å². The molecule has 0 atom stereocenters. The van der Waals surface area contributed by atoms with Crippen LogP contribution in [0.5, 0.6) is 5.75 Å². The van der Waals surface area contributed by atoms with Crippen molar-refractivity contribution in [2.45, 2.75) is 6.92 Å². The van der Waals surface area contributed by atoms with E-state index in [0.29, 0.717) is 11.1 Å². The molecule has 1 amide bonds. The predicted octanol–water partition coefficient (Wildman–Crippen LogP) is 1.86. The number of pyridine rings is 1. The summed E-state index contributed by atoms with van der Waals surface area (Å²) in [6, 6.07) is 10.0. The topological polar surface area (TPSA) is 74.6 Å². The molecule has 0 unspecified atom stereocenters. The van der Waals surface area contributed by atoms with E-state index in [1.165, 1.54) is 12.4 Å². The fourth-order valence-electron chi connectivity index (χ4n) is 1.44. The number of nitrogens with one attached hydrogen (secondary N) is 1. The van der Waals surface area contributed by atoms with Gasteiger partial charge in [-0.05, 0) is 36.8 Å². The summed E-state index contributed by atoms with van der Waals surface area (Å²) in [7, 11) is 0. The second kappa shape index (κ2) is 5.77. The molecule has 5 heteroatoms. The van der Waals surface area contributed by atoms with Gasteiger partial charge in [-0.1, -0.05) is 12.1 Å². The molecule has 5 nitrogen and oxygen atoms in total. The minimum atomic E-state index is -0.330. The van der Waals surface area contributed by atoms with Gasteiger partial charge in [0.1, 0.15) is 5.75 Å². The third-order valence-electron chi connectivity index (χ3n) is 2.42. The van der Waals surface area contributed by atoms with Gasteiger partial charge in [0, 0.05) is 11.9 Å². The van der Waals surface area contributed by atoms with Crippen LogP contribution in [0.3, 0.4) is 0 Å². The molecular weight excluding hydrogens is 242 g/mol. The van der Waals surface area contributed by atoms with Crippen molar-refractivity contribution < 1.29 is 9.90 Å². The second-order valence-corrected chi connectivity index (χ2v) is 3.98. The number of carbonyl (C=O) groups is 1. The van der Waals surface area contributed by atoms with Crippen LogP contribution in [0.25, 0.3) is 0 Å². The molecule has 1 aromatic carbocycles. The second-order valence-electron chi connectivity index (χ2n) is 3.98. The van der Waals surface area contributed by atoms with Crippen LogP contribution in [0.2, 0.25) is 0 Å². The first-order chi connectivity index (χ1) is 9.15. The number of phenols is 1. The van der Waals surface area contributed by atoms with E-state index in [0.717, 1.165) is 5.69 Å². The molecule has 0 spiro atoms. The van der Waals surface area contributed by atoms with Crippen LogP contribution in [0, 0.1) is 6.92 Å². The molecule has 0 radical (unpaired) electrons. The number of aryl methyl sites for hydroxylation is 1. The van der Waals surface area contributed by atoms with Gasteiger partial charge in [-0.15, -0.1) is 0 Å². The molecule has 2 N–H and O–H groups in total. The molecule has 0 aliphatic heterocycles. The molecule has 0 aliphatic rings. The molecule has 19 heavy (non-hydrogen) atoms. The Morgan fingerprint density at radius 2 is 2.21 bits per heavy atom. The van der Waals surface area contributed by atoms with E-state index in [1.807, 2.05) is 6.92 Å². The zero-order chi connectivity index (χ0) is 13.7. The normalized spacial score (nSPS) is 10.6. The summed E-state index contributed by atoms with van der Waals surface area (Å²) in [5.41, 5.74) is 4.38. The Balaban J connectivity index is 1.98. The molecule has 0 saturated carbocycles. The highest BCUT2D eigenvalue weighted by Crippen LogP contribution is 2.08. The average Bonchev–Trinajstić information content (AvgIpc) is 2.39. The van der Waals surface area contributed by atoms with Gasteiger partial charge in [-0.2, -0.15) is 5.10 Å². The largest absolute Gasteiger partial charge is 0.508 e. The van der Waals surface area contributed by atoms with Gasteiger partial charge in [0.2, 0.25) is 0 Å². The number of hydrogen-bond donors (Lipinski definition) is 2. The van der Waals surface area contributed by atoms with Crippen LogP contribution < -0.4 is 5.43 Å². The van der Waals surface area contributed by atoms with E-state index in [9.17, 15) is 9.90 Å². The molecule has 0 fully saturated rings. The molecule has 1 aromatic heterocycles. The van der Waals surface area contributed by atoms with Crippen LogP contribution in [-0.4, -0.2) is 22.2 Å². The van der Waals surface area contributed by atoms with Crippen molar-refractivity contribution in [2.75, 3.05) is 0 Å². The van der Waals surface area contributed by atoms with Gasteiger partial charge in [0.25, 0.3) is 5.91 Å². The summed E-state index contributed by atoms with van der Waals surface area (Å²) < 4.78 is 0. The lowest BCUT2D eigenvalue weighted by atomic mass is 10.2. The van der Waals surface area contributed by atoms with E-state index in [-0.39, 0.29) is 11.7 Å². The number of amides is 1. The van der Waals surface area contributed by atoms with Gasteiger partial charge in [-0.3, -0.25) is 9.78 Å². The number of phenolic OH excluding ortho intramolecular Hbond substituents is 1. The minimum absolute atomic E-state index is 0.151. The number of carbonyl (C=O) groups excluding carboxylic acids is 1. The number of benzene rings is 1. The van der Waals surface area contributed by atoms with Gasteiger partial charge in [0.05, 0.1) is 11.8 Å². The van der Waals surface area contributed by atoms with Crippen LogP contribution in [-0.2, 0) is 0 Å². The maximum Gasteiger partial charge on any atom is 0.272 e. The number of rotatable bonds is 3. The van der Waals surface area contributed by atoms with Crippen LogP contribution in [0.15, 0.2) is 47.7 Å². The maximum absolute atomic E-state index is 11.7. The maximum atomic E-state index is 11.7. The average molecular weight is 255 g/mol. The van der Waals surface area contributed by atoms with Crippen molar-refractivity contribution in [2.24, 2.45) is 5.10 Å². The van der Waals surface area contributed by atoms with E-state index in [2.05, 4.69) is 15.5 Å². The fraction of sp³-hybridized carbons (Fsp3) is 0.0714. The SMILES string of the molecule is Cc1ccc(C(=O)NN=Cc2cccc(O)c2)cn1. The molecule has 0 bridgehead atoms. The van der Waals surface area contributed by atoms with E-state index < -0.39 is 0 Å². The molecule has 0 saturated heterocycles. The lowest BCUT2D eigenvalue weighted by Gasteiger charge is -1.99. The fourth-order valence-corrected chi connectivity index (χ4v) is 1.44. The van der Waals surface area contributed by atoms with Crippen LogP contribution >= 0.6 is 0 Å². The van der Waals surface area contributed by atoms with Gasteiger partial charge in [0.15, 0.2) is 0 Å². The van der Waals surface area contributed by atoms with Crippen LogP contribution in [0.4, 0.5) is 0 Å². The molecule has 2 aromatic rings. The molecule has 2 rings (SSSR count). The molecule has 1 heterocycles. The Bertz CT molecular complexity index is 606. The summed E-state index contributed by atoms with van der Waals surface area (Å²) in [5.74, 6) is -0.179. The van der Waals surface area contributed by atoms with Gasteiger partial charge >= 0.3 is 0 Å².